The lowest BCUT2D eigenvalue weighted by Crippen LogP contribution is -2.33. The zero-order valence-corrected chi connectivity index (χ0v) is 21.5. The molecule has 0 unspecified atom stereocenters. The first-order valence-electron chi connectivity index (χ1n) is 12.7. The maximum Gasteiger partial charge on any atom is 0.269 e. The Bertz CT molecular complexity index is 1440. The molecule has 1 fully saturated rings. The molecule has 4 aromatic rings. The van der Waals surface area contributed by atoms with Crippen molar-refractivity contribution < 1.29 is 14.3 Å². The van der Waals surface area contributed by atoms with Gasteiger partial charge in [0.15, 0.2) is 0 Å². The molecule has 2 aromatic carbocycles. The monoisotopic (exact) mass is 513 g/mol. The second kappa shape index (κ2) is 11.3. The van der Waals surface area contributed by atoms with E-state index in [0.717, 1.165) is 36.4 Å². The van der Waals surface area contributed by atoms with Gasteiger partial charge < -0.3 is 30.2 Å². The SMILES string of the molecule is CNC(=O)c1cc(Oc2ccc3c(c2)nc(Nc2ccc(C(=O)NCCN4CCCC4)cc2)n3C)ccn1. The molecule has 0 saturated carbocycles. The van der Waals surface area contributed by atoms with Gasteiger partial charge in [-0.25, -0.2) is 4.98 Å². The van der Waals surface area contributed by atoms with Crippen molar-refractivity contribution in [3.05, 3.63) is 72.1 Å². The molecule has 2 amide bonds. The van der Waals surface area contributed by atoms with Gasteiger partial charge in [-0.05, 0) is 68.4 Å². The average Bonchev–Trinajstić information content (AvgIpc) is 3.56. The van der Waals surface area contributed by atoms with Crippen LogP contribution >= 0.6 is 0 Å². The van der Waals surface area contributed by atoms with Gasteiger partial charge in [-0.2, -0.15) is 0 Å². The lowest BCUT2D eigenvalue weighted by molar-refractivity contribution is 0.0945. The molecule has 3 heterocycles. The van der Waals surface area contributed by atoms with Crippen LogP contribution in [0, 0.1) is 0 Å². The summed E-state index contributed by atoms with van der Waals surface area (Å²) >= 11 is 0. The van der Waals surface area contributed by atoms with E-state index >= 15 is 0 Å². The van der Waals surface area contributed by atoms with Gasteiger partial charge in [0.1, 0.15) is 17.2 Å². The van der Waals surface area contributed by atoms with Crippen molar-refractivity contribution in [2.45, 2.75) is 12.8 Å². The summed E-state index contributed by atoms with van der Waals surface area (Å²) in [6, 6.07) is 16.3. The van der Waals surface area contributed by atoms with Gasteiger partial charge in [0.25, 0.3) is 11.8 Å². The number of rotatable bonds is 9. The number of nitrogens with one attached hydrogen (secondary N) is 3. The highest BCUT2D eigenvalue weighted by Crippen LogP contribution is 2.28. The highest BCUT2D eigenvalue weighted by molar-refractivity contribution is 5.94. The molecule has 0 spiro atoms. The summed E-state index contributed by atoms with van der Waals surface area (Å²) in [5.41, 5.74) is 3.41. The Morgan fingerprint density at radius 2 is 1.74 bits per heavy atom. The summed E-state index contributed by atoms with van der Waals surface area (Å²) in [7, 11) is 3.49. The van der Waals surface area contributed by atoms with Crippen molar-refractivity contribution in [2.75, 3.05) is 38.5 Å². The van der Waals surface area contributed by atoms with Crippen LogP contribution in [-0.4, -0.2) is 64.5 Å². The molecule has 10 heteroatoms. The van der Waals surface area contributed by atoms with Crippen LogP contribution < -0.4 is 20.7 Å². The number of ether oxygens (including phenoxy) is 1. The van der Waals surface area contributed by atoms with Gasteiger partial charge in [-0.3, -0.25) is 14.6 Å². The second-order valence-electron chi connectivity index (χ2n) is 9.21. The van der Waals surface area contributed by atoms with Crippen LogP contribution in [-0.2, 0) is 7.05 Å². The molecule has 0 aliphatic carbocycles. The third kappa shape index (κ3) is 5.76. The third-order valence-electron chi connectivity index (χ3n) is 6.59. The van der Waals surface area contributed by atoms with Crippen LogP contribution in [0.2, 0.25) is 0 Å². The Morgan fingerprint density at radius 3 is 2.50 bits per heavy atom. The topological polar surface area (TPSA) is 113 Å². The van der Waals surface area contributed by atoms with Gasteiger partial charge in [-0.1, -0.05) is 0 Å². The van der Waals surface area contributed by atoms with Gasteiger partial charge in [0.2, 0.25) is 5.95 Å². The first-order chi connectivity index (χ1) is 18.5. The second-order valence-corrected chi connectivity index (χ2v) is 9.21. The number of fused-ring (bicyclic) bond motifs is 1. The predicted molar refractivity (Wildman–Crippen MR) is 146 cm³/mol. The van der Waals surface area contributed by atoms with E-state index in [0.29, 0.717) is 29.6 Å². The summed E-state index contributed by atoms with van der Waals surface area (Å²) in [6.45, 7) is 3.79. The highest BCUT2D eigenvalue weighted by Gasteiger charge is 2.13. The standard InChI is InChI=1S/C28H31N7O3/c1-29-27(37)24-18-22(11-12-30-24)38-21-9-10-25-23(17-21)33-28(34(25)2)32-20-7-5-19(6-8-20)26(36)31-13-16-35-14-3-4-15-35/h5-12,17-18H,3-4,13-16H2,1-2H3,(H,29,37)(H,31,36)(H,32,33). The van der Waals surface area contributed by atoms with E-state index in [9.17, 15) is 9.59 Å². The van der Waals surface area contributed by atoms with Crippen LogP contribution in [0.5, 0.6) is 11.5 Å². The van der Waals surface area contributed by atoms with Crippen LogP contribution in [0.4, 0.5) is 11.6 Å². The first-order valence-corrected chi connectivity index (χ1v) is 12.7. The molecule has 10 nitrogen and oxygen atoms in total. The van der Waals surface area contributed by atoms with Crippen LogP contribution in [0.25, 0.3) is 11.0 Å². The number of anilines is 2. The van der Waals surface area contributed by atoms with Gasteiger partial charge in [0.05, 0.1) is 11.0 Å². The fourth-order valence-electron chi connectivity index (χ4n) is 4.49. The molecule has 0 bridgehead atoms. The van der Waals surface area contributed by atoms with Crippen molar-refractivity contribution in [3.8, 4) is 11.5 Å². The quantitative estimate of drug-likeness (QED) is 0.313. The first kappa shape index (κ1) is 25.2. The largest absolute Gasteiger partial charge is 0.457 e. The molecule has 1 saturated heterocycles. The molecule has 1 aliphatic rings. The smallest absolute Gasteiger partial charge is 0.269 e. The number of imidazole rings is 1. The molecule has 0 atom stereocenters. The van der Waals surface area contributed by atoms with Gasteiger partial charge in [-0.15, -0.1) is 0 Å². The van der Waals surface area contributed by atoms with E-state index in [1.807, 2.05) is 54.1 Å². The number of hydrogen-bond donors (Lipinski definition) is 3. The Hall–Kier alpha value is -4.44. The zero-order chi connectivity index (χ0) is 26.5. The summed E-state index contributed by atoms with van der Waals surface area (Å²) in [5, 5.41) is 8.88. The van der Waals surface area contributed by atoms with E-state index in [-0.39, 0.29) is 17.5 Å². The fraction of sp³-hybridized carbons (Fsp3) is 0.286. The normalized spacial score (nSPS) is 13.4. The number of amides is 2. The lowest BCUT2D eigenvalue weighted by atomic mass is 10.2. The Morgan fingerprint density at radius 1 is 0.974 bits per heavy atom. The number of carbonyl (C=O) groups is 2. The number of carbonyl (C=O) groups excluding carboxylic acids is 2. The number of hydrogen-bond acceptors (Lipinski definition) is 7. The van der Waals surface area contributed by atoms with Gasteiger partial charge in [0, 0.05) is 56.8 Å². The van der Waals surface area contributed by atoms with Crippen molar-refractivity contribution in [1.29, 1.82) is 0 Å². The molecule has 1 aliphatic heterocycles. The zero-order valence-electron chi connectivity index (χ0n) is 21.5. The highest BCUT2D eigenvalue weighted by atomic mass is 16.5. The van der Waals surface area contributed by atoms with E-state index in [2.05, 4.69) is 25.8 Å². The number of pyridine rings is 1. The molecule has 196 valence electrons. The summed E-state index contributed by atoms with van der Waals surface area (Å²) in [5.74, 6) is 1.41. The summed E-state index contributed by atoms with van der Waals surface area (Å²) < 4.78 is 7.90. The number of likely N-dealkylation sites (tertiary alicyclic amines) is 1. The molecule has 3 N–H and O–H groups in total. The minimum absolute atomic E-state index is 0.0670. The number of nitrogens with zero attached hydrogens (tertiary/aromatic N) is 4. The molecule has 0 radical (unpaired) electrons. The molecule has 2 aromatic heterocycles. The van der Waals surface area contributed by atoms with Gasteiger partial charge >= 0.3 is 0 Å². The molecule has 38 heavy (non-hydrogen) atoms. The minimum atomic E-state index is -0.280. The number of aryl methyl sites for hydroxylation is 1. The summed E-state index contributed by atoms with van der Waals surface area (Å²) in [6.07, 6.45) is 4.02. The van der Waals surface area contributed by atoms with E-state index < -0.39 is 0 Å². The maximum atomic E-state index is 12.5. The maximum absolute atomic E-state index is 12.5. The minimum Gasteiger partial charge on any atom is -0.457 e. The number of aromatic nitrogens is 3. The van der Waals surface area contributed by atoms with Crippen molar-refractivity contribution >= 4 is 34.5 Å². The lowest BCUT2D eigenvalue weighted by Gasteiger charge is -2.14. The van der Waals surface area contributed by atoms with E-state index in [1.165, 1.54) is 19.0 Å². The molecule has 5 rings (SSSR count). The van der Waals surface area contributed by atoms with E-state index in [4.69, 9.17) is 9.72 Å². The third-order valence-corrected chi connectivity index (χ3v) is 6.59. The molecular weight excluding hydrogens is 482 g/mol. The van der Waals surface area contributed by atoms with Crippen LogP contribution in [0.3, 0.4) is 0 Å². The fourth-order valence-corrected chi connectivity index (χ4v) is 4.49. The van der Waals surface area contributed by atoms with Crippen LogP contribution in [0.15, 0.2) is 60.8 Å². The van der Waals surface area contributed by atoms with Crippen LogP contribution in [0.1, 0.15) is 33.7 Å². The summed E-state index contributed by atoms with van der Waals surface area (Å²) in [4.78, 5) is 35.5. The predicted octanol–water partition coefficient (Wildman–Crippen LogP) is 3.69. The Labute approximate surface area is 221 Å². The number of benzene rings is 2. The average molecular weight is 514 g/mol. The van der Waals surface area contributed by atoms with Crippen molar-refractivity contribution in [2.24, 2.45) is 7.05 Å². The Kier molecular flexibility index (Phi) is 7.50. The van der Waals surface area contributed by atoms with E-state index in [1.54, 1.807) is 19.2 Å². The Balaban J connectivity index is 1.23. The van der Waals surface area contributed by atoms with Crippen molar-refractivity contribution in [1.82, 2.24) is 30.1 Å². The van der Waals surface area contributed by atoms with Crippen molar-refractivity contribution in [3.63, 3.8) is 0 Å². The molecular formula is C28H31N7O3.